The van der Waals surface area contributed by atoms with Crippen molar-refractivity contribution in [2.45, 2.75) is 13.0 Å². The number of nitrogens with two attached hydrogens (primary N) is 1. The number of nitrogens with one attached hydrogen (secondary N) is 1. The van der Waals surface area contributed by atoms with E-state index in [1.54, 1.807) is 0 Å². The van der Waals surface area contributed by atoms with Crippen LogP contribution in [0.2, 0.25) is 0 Å². The first-order valence-corrected chi connectivity index (χ1v) is 7.67. The number of hydrogen-bond acceptors (Lipinski definition) is 4. The van der Waals surface area contributed by atoms with Gasteiger partial charge in [-0.3, -0.25) is 9.69 Å². The number of amides is 1. The lowest BCUT2D eigenvalue weighted by atomic mass is 10.1. The Morgan fingerprint density at radius 1 is 1.22 bits per heavy atom. The molecule has 0 aromatic heterocycles. The molecule has 0 radical (unpaired) electrons. The topological polar surface area (TPSA) is 61.6 Å². The van der Waals surface area contributed by atoms with Crippen LogP contribution in [0.4, 0.5) is 0 Å². The molecule has 132 valence electrons. The van der Waals surface area contributed by atoms with Crippen LogP contribution in [0.25, 0.3) is 0 Å². The summed E-state index contributed by atoms with van der Waals surface area (Å²) in [6.45, 7) is 6.55. The van der Waals surface area contributed by atoms with E-state index in [9.17, 15) is 4.79 Å². The molecule has 0 spiro atoms. The summed E-state index contributed by atoms with van der Waals surface area (Å²) in [5.74, 6) is -0.0105. The number of rotatable bonds is 6. The molecule has 1 aliphatic heterocycles. The van der Waals surface area contributed by atoms with Crippen molar-refractivity contribution >= 4 is 30.7 Å². The maximum atomic E-state index is 12.0. The molecule has 1 aromatic carbocycles. The SMILES string of the molecule is CN1CCN(Cc2cccc(C(=O)NCCCN)c2)CC1.Cl.Cl. The third-order valence-corrected chi connectivity index (χ3v) is 3.86. The minimum atomic E-state index is -0.0105. The van der Waals surface area contributed by atoms with Gasteiger partial charge in [0.2, 0.25) is 0 Å². The molecule has 1 aromatic rings. The first-order chi connectivity index (χ1) is 10.2. The van der Waals surface area contributed by atoms with Crippen LogP contribution in [-0.4, -0.2) is 62.0 Å². The fraction of sp³-hybridized carbons (Fsp3) is 0.562. The highest BCUT2D eigenvalue weighted by Crippen LogP contribution is 2.10. The monoisotopic (exact) mass is 362 g/mol. The Labute approximate surface area is 151 Å². The predicted octanol–water partition coefficient (Wildman–Crippen LogP) is 1.36. The largest absolute Gasteiger partial charge is 0.352 e. The summed E-state index contributed by atoms with van der Waals surface area (Å²) < 4.78 is 0. The Bertz CT molecular complexity index is 465. The lowest BCUT2D eigenvalue weighted by Crippen LogP contribution is -2.43. The van der Waals surface area contributed by atoms with Gasteiger partial charge < -0.3 is 16.0 Å². The van der Waals surface area contributed by atoms with E-state index in [1.165, 1.54) is 5.56 Å². The van der Waals surface area contributed by atoms with Crippen LogP contribution < -0.4 is 11.1 Å². The van der Waals surface area contributed by atoms with Gasteiger partial charge in [0.15, 0.2) is 0 Å². The summed E-state index contributed by atoms with van der Waals surface area (Å²) in [6.07, 6.45) is 0.812. The number of likely N-dealkylation sites (N-methyl/N-ethyl adjacent to an activating group) is 1. The van der Waals surface area contributed by atoms with E-state index in [0.29, 0.717) is 13.1 Å². The van der Waals surface area contributed by atoms with Crippen LogP contribution in [0, 0.1) is 0 Å². The predicted molar refractivity (Wildman–Crippen MR) is 99.7 cm³/mol. The smallest absolute Gasteiger partial charge is 0.251 e. The summed E-state index contributed by atoms with van der Waals surface area (Å²) in [7, 11) is 2.16. The average Bonchev–Trinajstić information content (AvgIpc) is 2.50. The zero-order chi connectivity index (χ0) is 15.1. The molecule has 1 fully saturated rings. The van der Waals surface area contributed by atoms with Gasteiger partial charge in [0, 0.05) is 44.8 Å². The molecular formula is C16H28Cl2N4O. The molecule has 3 N–H and O–H groups in total. The zero-order valence-electron chi connectivity index (χ0n) is 13.7. The normalized spacial score (nSPS) is 15.4. The van der Waals surface area contributed by atoms with E-state index in [2.05, 4.69) is 28.2 Å². The molecule has 0 bridgehead atoms. The van der Waals surface area contributed by atoms with Crippen LogP contribution in [0.1, 0.15) is 22.3 Å². The molecule has 23 heavy (non-hydrogen) atoms. The van der Waals surface area contributed by atoms with Crippen molar-refractivity contribution in [3.8, 4) is 0 Å². The molecular weight excluding hydrogens is 335 g/mol. The molecule has 2 rings (SSSR count). The number of nitrogens with zero attached hydrogens (tertiary/aromatic N) is 2. The summed E-state index contributed by atoms with van der Waals surface area (Å²) in [6, 6.07) is 7.92. The van der Waals surface area contributed by atoms with Crippen molar-refractivity contribution < 1.29 is 4.79 Å². The highest BCUT2D eigenvalue weighted by atomic mass is 35.5. The van der Waals surface area contributed by atoms with E-state index in [4.69, 9.17) is 5.73 Å². The van der Waals surface area contributed by atoms with Crippen LogP contribution in [0.3, 0.4) is 0 Å². The standard InChI is InChI=1S/C16H26N4O.2ClH/c1-19-8-10-20(11-9-19)13-14-4-2-5-15(12-14)16(21)18-7-3-6-17;;/h2,4-5,12H,3,6-11,13,17H2,1H3,(H,18,21);2*1H. The number of benzene rings is 1. The summed E-state index contributed by atoms with van der Waals surface area (Å²) >= 11 is 0. The molecule has 0 unspecified atom stereocenters. The number of piperazine rings is 1. The molecule has 0 aliphatic carbocycles. The van der Waals surface area contributed by atoms with E-state index in [1.807, 2.05) is 18.2 Å². The highest BCUT2D eigenvalue weighted by molar-refractivity contribution is 5.94. The second-order valence-electron chi connectivity index (χ2n) is 5.68. The Balaban J connectivity index is 0.00000242. The third-order valence-electron chi connectivity index (χ3n) is 3.86. The fourth-order valence-corrected chi connectivity index (χ4v) is 2.48. The number of carbonyl (C=O) groups excluding carboxylic acids is 1. The van der Waals surface area contributed by atoms with E-state index in [0.717, 1.165) is 44.7 Å². The zero-order valence-corrected chi connectivity index (χ0v) is 15.3. The number of hydrogen-bond donors (Lipinski definition) is 2. The van der Waals surface area contributed by atoms with Crippen molar-refractivity contribution in [2.75, 3.05) is 46.3 Å². The lowest BCUT2D eigenvalue weighted by molar-refractivity contribution is 0.0953. The minimum Gasteiger partial charge on any atom is -0.352 e. The van der Waals surface area contributed by atoms with Crippen LogP contribution in [0.5, 0.6) is 0 Å². The second kappa shape index (κ2) is 11.6. The molecule has 1 saturated heterocycles. The van der Waals surface area contributed by atoms with Crippen molar-refractivity contribution in [1.29, 1.82) is 0 Å². The van der Waals surface area contributed by atoms with E-state index >= 15 is 0 Å². The van der Waals surface area contributed by atoms with Gasteiger partial charge in [-0.05, 0) is 37.7 Å². The number of halogens is 2. The van der Waals surface area contributed by atoms with Crippen molar-refractivity contribution in [3.63, 3.8) is 0 Å². The first kappa shape index (κ1) is 22.1. The maximum Gasteiger partial charge on any atom is 0.251 e. The Kier molecular flexibility index (Phi) is 11.2. The van der Waals surface area contributed by atoms with Gasteiger partial charge in [0.1, 0.15) is 0 Å². The van der Waals surface area contributed by atoms with Crippen molar-refractivity contribution in [1.82, 2.24) is 15.1 Å². The van der Waals surface area contributed by atoms with Gasteiger partial charge in [-0.25, -0.2) is 0 Å². The third kappa shape index (κ3) is 7.50. The fourth-order valence-electron chi connectivity index (χ4n) is 2.48. The Hall–Kier alpha value is -0.850. The average molecular weight is 363 g/mol. The van der Waals surface area contributed by atoms with Crippen molar-refractivity contribution in [3.05, 3.63) is 35.4 Å². The van der Waals surface area contributed by atoms with Gasteiger partial charge in [0.25, 0.3) is 5.91 Å². The van der Waals surface area contributed by atoms with Crippen LogP contribution in [0.15, 0.2) is 24.3 Å². The maximum absolute atomic E-state index is 12.0. The molecule has 1 aliphatic rings. The number of carbonyl (C=O) groups is 1. The quantitative estimate of drug-likeness (QED) is 0.750. The van der Waals surface area contributed by atoms with E-state index < -0.39 is 0 Å². The molecule has 1 amide bonds. The molecule has 1 heterocycles. The second-order valence-corrected chi connectivity index (χ2v) is 5.68. The minimum absolute atomic E-state index is 0. The van der Waals surface area contributed by atoms with Crippen LogP contribution >= 0.6 is 24.8 Å². The van der Waals surface area contributed by atoms with Gasteiger partial charge in [-0.1, -0.05) is 12.1 Å². The lowest BCUT2D eigenvalue weighted by Gasteiger charge is -2.32. The highest BCUT2D eigenvalue weighted by Gasteiger charge is 2.14. The molecule has 7 heteroatoms. The first-order valence-electron chi connectivity index (χ1n) is 7.67. The molecule has 5 nitrogen and oxygen atoms in total. The Morgan fingerprint density at radius 3 is 2.57 bits per heavy atom. The summed E-state index contributed by atoms with van der Waals surface area (Å²) in [5.41, 5.74) is 7.37. The summed E-state index contributed by atoms with van der Waals surface area (Å²) in [5, 5.41) is 2.90. The van der Waals surface area contributed by atoms with E-state index in [-0.39, 0.29) is 30.7 Å². The Morgan fingerprint density at radius 2 is 1.91 bits per heavy atom. The molecule has 0 atom stereocenters. The van der Waals surface area contributed by atoms with Gasteiger partial charge in [-0.2, -0.15) is 0 Å². The van der Waals surface area contributed by atoms with Crippen molar-refractivity contribution in [2.24, 2.45) is 5.73 Å². The van der Waals surface area contributed by atoms with Crippen LogP contribution in [-0.2, 0) is 6.54 Å². The molecule has 0 saturated carbocycles. The summed E-state index contributed by atoms with van der Waals surface area (Å²) in [4.78, 5) is 16.8. The van der Waals surface area contributed by atoms with Gasteiger partial charge in [0.05, 0.1) is 0 Å². The van der Waals surface area contributed by atoms with Gasteiger partial charge in [-0.15, -0.1) is 24.8 Å². The van der Waals surface area contributed by atoms with Gasteiger partial charge >= 0.3 is 0 Å².